The molecule has 1 aliphatic heterocycles. The van der Waals surface area contributed by atoms with Crippen molar-refractivity contribution in [2.24, 2.45) is 11.8 Å². The summed E-state index contributed by atoms with van der Waals surface area (Å²) in [6.45, 7) is -0.549. The topological polar surface area (TPSA) is 66.8 Å². The molecule has 2 atom stereocenters. The summed E-state index contributed by atoms with van der Waals surface area (Å²) in [4.78, 5) is 24.1. The molecular formula is C14H16FNO4. The molecule has 5 nitrogen and oxygen atoms in total. The van der Waals surface area contributed by atoms with Crippen LogP contribution in [0.25, 0.3) is 0 Å². The fraction of sp³-hybridized carbons (Fsp3) is 0.429. The number of amides is 1. The Kier molecular flexibility index (Phi) is 4.55. The van der Waals surface area contributed by atoms with Gasteiger partial charge in [-0.3, -0.25) is 9.18 Å². The molecule has 1 heterocycles. The summed E-state index contributed by atoms with van der Waals surface area (Å²) in [5.74, 6) is -2.59. The van der Waals surface area contributed by atoms with Crippen LogP contribution in [0, 0.1) is 11.8 Å². The van der Waals surface area contributed by atoms with Crippen LogP contribution < -0.4 is 0 Å². The van der Waals surface area contributed by atoms with Gasteiger partial charge in [-0.1, -0.05) is 30.3 Å². The highest BCUT2D eigenvalue weighted by Crippen LogP contribution is 2.25. The van der Waals surface area contributed by atoms with Crippen molar-refractivity contribution in [1.82, 2.24) is 4.90 Å². The molecule has 1 amide bonds. The fourth-order valence-electron chi connectivity index (χ4n) is 2.27. The molecular weight excluding hydrogens is 265 g/mol. The summed E-state index contributed by atoms with van der Waals surface area (Å²) in [6, 6.07) is 9.16. The van der Waals surface area contributed by atoms with Gasteiger partial charge in [-0.25, -0.2) is 4.79 Å². The lowest BCUT2D eigenvalue weighted by molar-refractivity contribution is -0.142. The summed E-state index contributed by atoms with van der Waals surface area (Å²) in [5, 5.41) is 8.98. The van der Waals surface area contributed by atoms with Crippen molar-refractivity contribution in [3.8, 4) is 0 Å². The molecule has 0 saturated carbocycles. The van der Waals surface area contributed by atoms with E-state index in [9.17, 15) is 14.0 Å². The number of halogens is 1. The minimum atomic E-state index is -1.08. The van der Waals surface area contributed by atoms with Gasteiger partial charge in [0.2, 0.25) is 0 Å². The predicted octanol–water partition coefficient (Wildman–Crippen LogP) is 1.93. The third kappa shape index (κ3) is 3.26. The first-order valence-corrected chi connectivity index (χ1v) is 6.36. The van der Waals surface area contributed by atoms with Crippen LogP contribution in [0.5, 0.6) is 0 Å². The van der Waals surface area contributed by atoms with Crippen molar-refractivity contribution in [1.29, 1.82) is 0 Å². The summed E-state index contributed by atoms with van der Waals surface area (Å²) in [6.07, 6.45) is -0.601. The zero-order valence-corrected chi connectivity index (χ0v) is 10.9. The van der Waals surface area contributed by atoms with Crippen LogP contribution in [-0.4, -0.2) is 41.8 Å². The maximum Gasteiger partial charge on any atom is 0.410 e. The van der Waals surface area contributed by atoms with E-state index in [-0.39, 0.29) is 19.7 Å². The van der Waals surface area contributed by atoms with Crippen LogP contribution in [0.2, 0.25) is 0 Å². The summed E-state index contributed by atoms with van der Waals surface area (Å²) in [5.41, 5.74) is 0.844. The Labute approximate surface area is 116 Å². The van der Waals surface area contributed by atoms with Gasteiger partial charge in [-0.15, -0.1) is 0 Å². The highest BCUT2D eigenvalue weighted by Gasteiger charge is 2.40. The van der Waals surface area contributed by atoms with E-state index < -0.39 is 30.6 Å². The van der Waals surface area contributed by atoms with Crippen LogP contribution >= 0.6 is 0 Å². The molecule has 2 rings (SSSR count). The number of carboxylic acid groups (broad SMARTS) is 1. The number of benzene rings is 1. The van der Waals surface area contributed by atoms with Gasteiger partial charge in [0, 0.05) is 19.0 Å². The number of likely N-dealkylation sites (tertiary alicyclic amines) is 1. The second-order valence-corrected chi connectivity index (χ2v) is 4.80. The Morgan fingerprint density at radius 1 is 1.30 bits per heavy atom. The summed E-state index contributed by atoms with van der Waals surface area (Å²) >= 11 is 0. The number of alkyl halides is 1. The van der Waals surface area contributed by atoms with E-state index in [1.54, 1.807) is 0 Å². The van der Waals surface area contributed by atoms with Gasteiger partial charge >= 0.3 is 12.1 Å². The Hall–Kier alpha value is -2.11. The van der Waals surface area contributed by atoms with Crippen LogP contribution in [0.15, 0.2) is 30.3 Å². The number of hydrogen-bond donors (Lipinski definition) is 1. The molecule has 1 aromatic rings. The van der Waals surface area contributed by atoms with Crippen molar-refractivity contribution in [3.05, 3.63) is 35.9 Å². The quantitative estimate of drug-likeness (QED) is 0.915. The van der Waals surface area contributed by atoms with E-state index in [0.717, 1.165) is 5.56 Å². The average Bonchev–Trinajstić information content (AvgIpc) is 2.90. The standard InChI is InChI=1S/C14H16FNO4/c15-6-11-7-16(8-12(11)13(17)18)14(19)20-9-10-4-2-1-3-5-10/h1-5,11-12H,6-9H2,(H,17,18)/t11-,12+/m0/s1. The minimum Gasteiger partial charge on any atom is -0.481 e. The summed E-state index contributed by atoms with van der Waals surface area (Å²) < 4.78 is 17.9. The van der Waals surface area contributed by atoms with E-state index in [4.69, 9.17) is 9.84 Å². The highest BCUT2D eigenvalue weighted by atomic mass is 19.1. The van der Waals surface area contributed by atoms with Gasteiger partial charge in [0.25, 0.3) is 0 Å². The van der Waals surface area contributed by atoms with Gasteiger partial charge in [0.15, 0.2) is 0 Å². The maximum atomic E-state index is 12.8. The van der Waals surface area contributed by atoms with E-state index in [1.165, 1.54) is 4.90 Å². The number of carbonyl (C=O) groups excluding carboxylic acids is 1. The lowest BCUT2D eigenvalue weighted by atomic mass is 9.98. The molecule has 108 valence electrons. The Bertz CT molecular complexity index is 479. The molecule has 6 heteroatoms. The van der Waals surface area contributed by atoms with Crippen LogP contribution in [0.4, 0.5) is 9.18 Å². The largest absolute Gasteiger partial charge is 0.481 e. The Morgan fingerprint density at radius 2 is 2.00 bits per heavy atom. The first-order chi connectivity index (χ1) is 9.61. The van der Waals surface area contributed by atoms with E-state index >= 15 is 0 Å². The first kappa shape index (κ1) is 14.3. The van der Waals surface area contributed by atoms with Crippen molar-refractivity contribution in [2.45, 2.75) is 6.61 Å². The fourth-order valence-corrected chi connectivity index (χ4v) is 2.27. The molecule has 0 bridgehead atoms. The van der Waals surface area contributed by atoms with E-state index in [0.29, 0.717) is 0 Å². The Morgan fingerprint density at radius 3 is 2.55 bits per heavy atom. The van der Waals surface area contributed by atoms with E-state index in [1.807, 2.05) is 30.3 Å². The van der Waals surface area contributed by atoms with Gasteiger partial charge < -0.3 is 14.7 Å². The molecule has 0 radical (unpaired) electrons. The van der Waals surface area contributed by atoms with Crippen molar-refractivity contribution < 1.29 is 23.8 Å². The average molecular weight is 281 g/mol. The molecule has 0 unspecified atom stereocenters. The minimum absolute atomic E-state index is 0.00244. The third-order valence-corrected chi connectivity index (χ3v) is 3.42. The number of ether oxygens (including phenoxy) is 1. The number of hydrogen-bond acceptors (Lipinski definition) is 3. The second-order valence-electron chi connectivity index (χ2n) is 4.80. The number of rotatable bonds is 4. The smallest absolute Gasteiger partial charge is 0.410 e. The molecule has 0 spiro atoms. The molecule has 0 aliphatic carbocycles. The lowest BCUT2D eigenvalue weighted by Gasteiger charge is -2.15. The SMILES string of the molecule is O=C(O)[C@@H]1CN(C(=O)OCc2ccccc2)C[C@@H]1CF. The van der Waals surface area contributed by atoms with Crippen LogP contribution in [0.3, 0.4) is 0 Å². The third-order valence-electron chi connectivity index (χ3n) is 3.42. The normalized spacial score (nSPS) is 21.8. The number of carbonyl (C=O) groups is 2. The monoisotopic (exact) mass is 281 g/mol. The second kappa shape index (κ2) is 6.36. The molecule has 1 aliphatic rings. The summed E-state index contributed by atoms with van der Waals surface area (Å²) in [7, 11) is 0. The molecule has 20 heavy (non-hydrogen) atoms. The first-order valence-electron chi connectivity index (χ1n) is 6.36. The van der Waals surface area contributed by atoms with Gasteiger partial charge in [-0.05, 0) is 5.56 Å². The van der Waals surface area contributed by atoms with Crippen LogP contribution in [0.1, 0.15) is 5.56 Å². The van der Waals surface area contributed by atoms with Gasteiger partial charge in [0.1, 0.15) is 6.61 Å². The van der Waals surface area contributed by atoms with Gasteiger partial charge in [-0.2, -0.15) is 0 Å². The van der Waals surface area contributed by atoms with Crippen molar-refractivity contribution in [2.75, 3.05) is 19.8 Å². The number of aliphatic carboxylic acids is 1. The molecule has 0 aromatic heterocycles. The Balaban J connectivity index is 1.89. The van der Waals surface area contributed by atoms with Gasteiger partial charge in [0.05, 0.1) is 12.6 Å². The molecule has 1 N–H and O–H groups in total. The van der Waals surface area contributed by atoms with E-state index in [2.05, 4.69) is 0 Å². The van der Waals surface area contributed by atoms with Crippen molar-refractivity contribution >= 4 is 12.1 Å². The highest BCUT2D eigenvalue weighted by molar-refractivity contribution is 5.74. The zero-order chi connectivity index (χ0) is 14.5. The maximum absolute atomic E-state index is 12.8. The van der Waals surface area contributed by atoms with Crippen molar-refractivity contribution in [3.63, 3.8) is 0 Å². The molecule has 1 fully saturated rings. The number of carboxylic acids is 1. The van der Waals surface area contributed by atoms with Crippen LogP contribution in [-0.2, 0) is 16.1 Å². The molecule has 1 aromatic carbocycles. The predicted molar refractivity (Wildman–Crippen MR) is 68.8 cm³/mol. The molecule has 1 saturated heterocycles. The lowest BCUT2D eigenvalue weighted by Crippen LogP contribution is -2.30. The zero-order valence-electron chi connectivity index (χ0n) is 10.9. The number of nitrogens with zero attached hydrogens (tertiary/aromatic N) is 1.